The highest BCUT2D eigenvalue weighted by Crippen LogP contribution is 2.27. The summed E-state index contributed by atoms with van der Waals surface area (Å²) in [5.41, 5.74) is 0. The number of carbonyl (C=O) groups excluding carboxylic acids is 1. The maximum atomic E-state index is 11.9. The molecule has 1 atom stereocenters. The lowest BCUT2D eigenvalue weighted by Crippen LogP contribution is -2.35. The van der Waals surface area contributed by atoms with Gasteiger partial charge in [-0.3, -0.25) is 9.59 Å². The van der Waals surface area contributed by atoms with Gasteiger partial charge in [0, 0.05) is 26.1 Å². The van der Waals surface area contributed by atoms with E-state index < -0.39 is 5.97 Å². The first-order valence-corrected chi connectivity index (χ1v) is 6.08. The Hall–Kier alpha value is -1.10. The summed E-state index contributed by atoms with van der Waals surface area (Å²) >= 11 is 0. The third-order valence-electron chi connectivity index (χ3n) is 3.04. The highest BCUT2D eigenvalue weighted by Gasteiger charge is 2.32. The molecule has 0 spiro atoms. The van der Waals surface area contributed by atoms with E-state index in [1.165, 1.54) is 0 Å². The third-order valence-corrected chi connectivity index (χ3v) is 3.04. The van der Waals surface area contributed by atoms with Crippen molar-refractivity contribution in [1.29, 1.82) is 0 Å². The second-order valence-corrected chi connectivity index (χ2v) is 4.55. The van der Waals surface area contributed by atoms with Crippen molar-refractivity contribution in [1.82, 2.24) is 4.90 Å². The molecule has 1 saturated carbocycles. The molecule has 1 unspecified atom stereocenters. The predicted molar refractivity (Wildman–Crippen MR) is 62.7 cm³/mol. The van der Waals surface area contributed by atoms with Crippen LogP contribution in [-0.4, -0.2) is 47.7 Å². The lowest BCUT2D eigenvalue weighted by molar-refractivity contribution is -0.138. The van der Waals surface area contributed by atoms with Crippen LogP contribution in [0.15, 0.2) is 0 Å². The van der Waals surface area contributed by atoms with Crippen LogP contribution in [0, 0.1) is 0 Å². The molecule has 1 N–H and O–H groups in total. The van der Waals surface area contributed by atoms with Gasteiger partial charge in [0.15, 0.2) is 0 Å². The Morgan fingerprint density at radius 1 is 1.41 bits per heavy atom. The molecule has 5 nitrogen and oxygen atoms in total. The number of rotatable bonds is 8. The van der Waals surface area contributed by atoms with Gasteiger partial charge in [0.25, 0.3) is 0 Å². The number of methoxy groups -OCH3 is 1. The Morgan fingerprint density at radius 2 is 2.06 bits per heavy atom. The number of carboxylic acid groups (broad SMARTS) is 1. The van der Waals surface area contributed by atoms with E-state index in [0.717, 1.165) is 12.8 Å². The molecule has 0 radical (unpaired) electrons. The van der Waals surface area contributed by atoms with E-state index >= 15 is 0 Å². The van der Waals surface area contributed by atoms with Gasteiger partial charge >= 0.3 is 5.97 Å². The molecule has 1 amide bonds. The molecule has 0 heterocycles. The topological polar surface area (TPSA) is 66.8 Å². The van der Waals surface area contributed by atoms with E-state index in [9.17, 15) is 9.59 Å². The van der Waals surface area contributed by atoms with Crippen molar-refractivity contribution in [2.24, 2.45) is 0 Å². The molecule has 0 aromatic carbocycles. The van der Waals surface area contributed by atoms with E-state index in [2.05, 4.69) is 0 Å². The molecule has 1 aliphatic carbocycles. The Labute approximate surface area is 102 Å². The molecule has 17 heavy (non-hydrogen) atoms. The van der Waals surface area contributed by atoms with Gasteiger partial charge in [-0.15, -0.1) is 0 Å². The maximum absolute atomic E-state index is 11.9. The highest BCUT2D eigenvalue weighted by atomic mass is 16.5. The molecule has 1 aliphatic rings. The van der Waals surface area contributed by atoms with Crippen LogP contribution < -0.4 is 0 Å². The summed E-state index contributed by atoms with van der Waals surface area (Å²) in [4.78, 5) is 24.2. The normalized spacial score (nSPS) is 16.6. The number of nitrogens with zero attached hydrogens (tertiary/aromatic N) is 1. The van der Waals surface area contributed by atoms with E-state index in [4.69, 9.17) is 9.84 Å². The average Bonchev–Trinajstić information content (AvgIpc) is 3.09. The second kappa shape index (κ2) is 6.59. The zero-order valence-corrected chi connectivity index (χ0v) is 10.5. The van der Waals surface area contributed by atoms with E-state index in [1.807, 2.05) is 6.92 Å². The lowest BCUT2D eigenvalue weighted by Gasteiger charge is -2.22. The zero-order chi connectivity index (χ0) is 12.8. The average molecular weight is 243 g/mol. The first-order chi connectivity index (χ1) is 8.04. The Bertz CT molecular complexity index is 276. The summed E-state index contributed by atoms with van der Waals surface area (Å²) in [5.74, 6) is -0.800. The van der Waals surface area contributed by atoms with Crippen LogP contribution in [0.5, 0.6) is 0 Å². The fourth-order valence-electron chi connectivity index (χ4n) is 1.70. The molecule has 0 bridgehead atoms. The standard InChI is InChI=1S/C12H21NO4/c1-9(17-2)3-6-11(14)13(10-4-5-10)8-7-12(15)16/h9-10H,3-8H2,1-2H3,(H,15,16). The first kappa shape index (κ1) is 14.0. The summed E-state index contributed by atoms with van der Waals surface area (Å²) in [5, 5.41) is 8.64. The lowest BCUT2D eigenvalue weighted by atomic mass is 10.2. The number of ether oxygens (including phenoxy) is 1. The summed E-state index contributed by atoms with van der Waals surface area (Å²) < 4.78 is 5.09. The molecular formula is C12H21NO4. The van der Waals surface area contributed by atoms with Gasteiger partial charge in [-0.25, -0.2) is 0 Å². The van der Waals surface area contributed by atoms with Gasteiger partial charge in [-0.2, -0.15) is 0 Å². The summed E-state index contributed by atoms with van der Waals surface area (Å²) in [7, 11) is 1.62. The fraction of sp³-hybridized carbons (Fsp3) is 0.833. The van der Waals surface area contributed by atoms with Crippen LogP contribution in [0.1, 0.15) is 39.0 Å². The van der Waals surface area contributed by atoms with Crippen molar-refractivity contribution in [2.75, 3.05) is 13.7 Å². The molecule has 0 aromatic heterocycles. The number of aliphatic carboxylic acids is 1. The van der Waals surface area contributed by atoms with Crippen LogP contribution in [0.25, 0.3) is 0 Å². The number of carbonyl (C=O) groups is 2. The minimum atomic E-state index is -0.853. The molecule has 5 heteroatoms. The Morgan fingerprint density at radius 3 is 2.53 bits per heavy atom. The summed E-state index contributed by atoms with van der Waals surface area (Å²) in [6, 6.07) is 0.278. The quantitative estimate of drug-likeness (QED) is 0.697. The van der Waals surface area contributed by atoms with Crippen LogP contribution in [0.4, 0.5) is 0 Å². The largest absolute Gasteiger partial charge is 0.481 e. The highest BCUT2D eigenvalue weighted by molar-refractivity contribution is 5.77. The fourth-order valence-corrected chi connectivity index (χ4v) is 1.70. The monoisotopic (exact) mass is 243 g/mol. The van der Waals surface area contributed by atoms with Crippen molar-refractivity contribution in [3.05, 3.63) is 0 Å². The van der Waals surface area contributed by atoms with E-state index in [-0.39, 0.29) is 24.5 Å². The molecule has 98 valence electrons. The van der Waals surface area contributed by atoms with Crippen LogP contribution in [-0.2, 0) is 14.3 Å². The number of hydrogen-bond donors (Lipinski definition) is 1. The van der Waals surface area contributed by atoms with Crippen LogP contribution >= 0.6 is 0 Å². The Kier molecular flexibility index (Phi) is 5.41. The smallest absolute Gasteiger partial charge is 0.305 e. The molecule has 1 fully saturated rings. The molecule has 0 aromatic rings. The van der Waals surface area contributed by atoms with Crippen molar-refractivity contribution < 1.29 is 19.4 Å². The first-order valence-electron chi connectivity index (χ1n) is 6.08. The van der Waals surface area contributed by atoms with Gasteiger partial charge in [-0.1, -0.05) is 0 Å². The second-order valence-electron chi connectivity index (χ2n) is 4.55. The van der Waals surface area contributed by atoms with Crippen molar-refractivity contribution in [3.63, 3.8) is 0 Å². The summed E-state index contributed by atoms with van der Waals surface area (Å²) in [6.45, 7) is 2.26. The maximum Gasteiger partial charge on any atom is 0.305 e. The van der Waals surface area contributed by atoms with Crippen molar-refractivity contribution in [3.8, 4) is 0 Å². The number of amides is 1. The van der Waals surface area contributed by atoms with Gasteiger partial charge in [0.2, 0.25) is 5.91 Å². The Balaban J connectivity index is 2.35. The van der Waals surface area contributed by atoms with E-state index in [1.54, 1.807) is 12.0 Å². The minimum absolute atomic E-state index is 0.0298. The van der Waals surface area contributed by atoms with Crippen LogP contribution in [0.2, 0.25) is 0 Å². The minimum Gasteiger partial charge on any atom is -0.481 e. The van der Waals surface area contributed by atoms with Gasteiger partial charge in [-0.05, 0) is 26.2 Å². The summed E-state index contributed by atoms with van der Waals surface area (Å²) in [6.07, 6.45) is 3.23. The third kappa shape index (κ3) is 5.17. The molecule has 1 rings (SSSR count). The van der Waals surface area contributed by atoms with Crippen molar-refractivity contribution >= 4 is 11.9 Å². The SMILES string of the molecule is COC(C)CCC(=O)N(CCC(=O)O)C1CC1. The van der Waals surface area contributed by atoms with Gasteiger partial charge in [0.1, 0.15) is 0 Å². The molecule has 0 saturated heterocycles. The van der Waals surface area contributed by atoms with Gasteiger partial charge in [0.05, 0.1) is 12.5 Å². The number of hydrogen-bond acceptors (Lipinski definition) is 3. The molecular weight excluding hydrogens is 222 g/mol. The van der Waals surface area contributed by atoms with Crippen LogP contribution in [0.3, 0.4) is 0 Å². The number of carboxylic acids is 1. The van der Waals surface area contributed by atoms with Crippen molar-refractivity contribution in [2.45, 2.75) is 51.2 Å². The molecule has 0 aliphatic heterocycles. The van der Waals surface area contributed by atoms with Gasteiger partial charge < -0.3 is 14.7 Å². The zero-order valence-electron chi connectivity index (χ0n) is 10.5. The predicted octanol–water partition coefficient (Wildman–Crippen LogP) is 1.27. The van der Waals surface area contributed by atoms with E-state index in [0.29, 0.717) is 19.4 Å².